The first-order valence-corrected chi connectivity index (χ1v) is 11.5. The number of nitrogens with zero attached hydrogens (tertiary/aromatic N) is 3. The second kappa shape index (κ2) is 9.21. The molecule has 0 aliphatic carbocycles. The molecule has 0 unspecified atom stereocenters. The number of benzene rings is 3. The number of carbonyl (C=O) groups excluding carboxylic acids is 1. The van der Waals surface area contributed by atoms with Crippen LogP contribution >= 0.6 is 0 Å². The van der Waals surface area contributed by atoms with E-state index in [1.165, 1.54) is 36.4 Å². The molecule has 0 saturated carbocycles. The van der Waals surface area contributed by atoms with Crippen LogP contribution in [0.3, 0.4) is 0 Å². The number of aryl methyl sites for hydroxylation is 1. The number of halogens is 1. The molecule has 4 aromatic rings. The summed E-state index contributed by atoms with van der Waals surface area (Å²) < 4.78 is 42.4. The van der Waals surface area contributed by atoms with Crippen molar-refractivity contribution in [1.29, 1.82) is 0 Å². The quantitative estimate of drug-likeness (QED) is 0.426. The summed E-state index contributed by atoms with van der Waals surface area (Å²) >= 11 is 0. The normalized spacial score (nSPS) is 11.2. The highest BCUT2D eigenvalue weighted by atomic mass is 32.2. The Morgan fingerprint density at radius 3 is 2.42 bits per heavy atom. The van der Waals surface area contributed by atoms with Crippen LogP contribution in [0.5, 0.6) is 0 Å². The minimum atomic E-state index is -3.88. The Morgan fingerprint density at radius 2 is 1.73 bits per heavy atom. The predicted molar refractivity (Wildman–Crippen MR) is 123 cm³/mol. The van der Waals surface area contributed by atoms with Crippen molar-refractivity contribution in [2.45, 2.75) is 18.4 Å². The van der Waals surface area contributed by atoms with E-state index in [9.17, 15) is 17.6 Å². The fourth-order valence-electron chi connectivity index (χ4n) is 3.17. The van der Waals surface area contributed by atoms with Crippen LogP contribution < -0.4 is 10.0 Å². The first kappa shape index (κ1) is 22.2. The molecule has 10 heteroatoms. The molecule has 0 atom stereocenters. The van der Waals surface area contributed by atoms with Gasteiger partial charge in [-0.15, -0.1) is 10.2 Å². The third-order valence-corrected chi connectivity index (χ3v) is 6.26. The third-order valence-electron chi connectivity index (χ3n) is 4.86. The van der Waals surface area contributed by atoms with Crippen molar-refractivity contribution < 1.29 is 17.6 Å². The maximum Gasteiger partial charge on any atom is 0.261 e. The zero-order valence-corrected chi connectivity index (χ0v) is 18.4. The number of aromatic nitrogens is 3. The van der Waals surface area contributed by atoms with Crippen LogP contribution in [0.25, 0.3) is 11.4 Å². The van der Waals surface area contributed by atoms with Crippen molar-refractivity contribution in [3.05, 3.63) is 90.5 Å². The topological polar surface area (TPSA) is 106 Å². The maximum absolute atomic E-state index is 13.0. The molecule has 0 spiro atoms. The molecule has 0 bridgehead atoms. The number of amides is 1. The van der Waals surface area contributed by atoms with Crippen LogP contribution in [0.4, 0.5) is 15.8 Å². The molecule has 0 fully saturated rings. The second-order valence-corrected chi connectivity index (χ2v) is 8.79. The standard InChI is InChI=1S/C23H20FN5O3S/c1-2-29-15-25-27-22(29)17-4-3-5-20(14-17)26-23(30)16-6-12-21(13-7-16)33(31,32)28-19-10-8-18(24)9-11-19/h3-15,28H,2H2,1H3,(H,26,30). The van der Waals surface area contributed by atoms with E-state index in [1.807, 2.05) is 17.6 Å². The van der Waals surface area contributed by atoms with E-state index < -0.39 is 15.8 Å². The van der Waals surface area contributed by atoms with Crippen LogP contribution in [0.2, 0.25) is 0 Å². The lowest BCUT2D eigenvalue weighted by atomic mass is 10.1. The van der Waals surface area contributed by atoms with Crippen molar-refractivity contribution in [2.24, 2.45) is 0 Å². The minimum Gasteiger partial charge on any atom is -0.322 e. The van der Waals surface area contributed by atoms with E-state index in [4.69, 9.17) is 0 Å². The summed E-state index contributed by atoms with van der Waals surface area (Å²) in [5.74, 6) is -0.164. The van der Waals surface area contributed by atoms with Gasteiger partial charge < -0.3 is 9.88 Å². The first-order chi connectivity index (χ1) is 15.9. The average Bonchev–Trinajstić information content (AvgIpc) is 3.30. The monoisotopic (exact) mass is 465 g/mol. The molecule has 0 aliphatic heterocycles. The fourth-order valence-corrected chi connectivity index (χ4v) is 4.23. The Morgan fingerprint density at radius 1 is 1.00 bits per heavy atom. The lowest BCUT2D eigenvalue weighted by Gasteiger charge is -2.10. The number of carbonyl (C=O) groups is 1. The molecule has 4 rings (SSSR count). The average molecular weight is 466 g/mol. The summed E-state index contributed by atoms with van der Waals surface area (Å²) in [7, 11) is -3.88. The second-order valence-electron chi connectivity index (χ2n) is 7.11. The Balaban J connectivity index is 1.48. The van der Waals surface area contributed by atoms with Crippen LogP contribution in [-0.4, -0.2) is 29.1 Å². The largest absolute Gasteiger partial charge is 0.322 e. The van der Waals surface area contributed by atoms with E-state index in [-0.39, 0.29) is 22.1 Å². The molecule has 1 amide bonds. The molecule has 0 saturated heterocycles. The van der Waals surface area contributed by atoms with Crippen LogP contribution in [0.15, 0.2) is 84.0 Å². The first-order valence-electron chi connectivity index (χ1n) is 10.0. The Bertz CT molecular complexity index is 1380. The minimum absolute atomic E-state index is 0.0238. The number of rotatable bonds is 7. The molecule has 2 N–H and O–H groups in total. The van der Waals surface area contributed by atoms with Gasteiger partial charge in [0.2, 0.25) is 0 Å². The van der Waals surface area contributed by atoms with Gasteiger partial charge in [-0.2, -0.15) is 0 Å². The number of sulfonamides is 1. The number of anilines is 2. The van der Waals surface area contributed by atoms with Crippen molar-refractivity contribution >= 4 is 27.3 Å². The summed E-state index contributed by atoms with van der Waals surface area (Å²) in [6.45, 7) is 2.70. The highest BCUT2D eigenvalue weighted by Crippen LogP contribution is 2.22. The summed E-state index contributed by atoms with van der Waals surface area (Å²) in [4.78, 5) is 12.7. The van der Waals surface area contributed by atoms with Gasteiger partial charge in [0.1, 0.15) is 12.1 Å². The fraction of sp³-hybridized carbons (Fsp3) is 0.0870. The Labute approximate surface area is 190 Å². The highest BCUT2D eigenvalue weighted by molar-refractivity contribution is 7.92. The van der Waals surface area contributed by atoms with E-state index in [0.717, 1.165) is 17.7 Å². The van der Waals surface area contributed by atoms with Crippen molar-refractivity contribution in [3.63, 3.8) is 0 Å². The third kappa shape index (κ3) is 5.07. The SMILES string of the molecule is CCn1cnnc1-c1cccc(NC(=O)c2ccc(S(=O)(=O)Nc3ccc(F)cc3)cc2)c1. The van der Waals surface area contributed by atoms with Gasteiger partial charge in [0.15, 0.2) is 5.82 Å². The summed E-state index contributed by atoms with van der Waals surface area (Å²) in [5, 5.41) is 10.8. The smallest absolute Gasteiger partial charge is 0.261 e. The lowest BCUT2D eigenvalue weighted by Crippen LogP contribution is -2.15. The molecular weight excluding hydrogens is 445 g/mol. The molecule has 8 nitrogen and oxygen atoms in total. The lowest BCUT2D eigenvalue weighted by molar-refractivity contribution is 0.102. The van der Waals surface area contributed by atoms with Gasteiger partial charge in [0, 0.05) is 29.0 Å². The van der Waals surface area contributed by atoms with E-state index in [1.54, 1.807) is 24.5 Å². The highest BCUT2D eigenvalue weighted by Gasteiger charge is 2.16. The molecule has 168 valence electrons. The van der Waals surface area contributed by atoms with Crippen LogP contribution in [0.1, 0.15) is 17.3 Å². The zero-order valence-electron chi connectivity index (χ0n) is 17.6. The molecule has 0 radical (unpaired) electrons. The van der Waals surface area contributed by atoms with Crippen molar-refractivity contribution in [1.82, 2.24) is 14.8 Å². The van der Waals surface area contributed by atoms with Gasteiger partial charge in [-0.3, -0.25) is 9.52 Å². The molecule has 0 aliphatic rings. The predicted octanol–water partition coefficient (Wildman–Crippen LogP) is 4.16. The van der Waals surface area contributed by atoms with E-state index in [0.29, 0.717) is 18.1 Å². The zero-order chi connectivity index (χ0) is 23.4. The summed E-state index contributed by atoms with van der Waals surface area (Å²) in [6, 6.07) is 17.7. The Hall–Kier alpha value is -4.05. The van der Waals surface area contributed by atoms with E-state index in [2.05, 4.69) is 20.2 Å². The van der Waals surface area contributed by atoms with Gasteiger partial charge in [0.05, 0.1) is 4.90 Å². The Kier molecular flexibility index (Phi) is 6.18. The maximum atomic E-state index is 13.0. The van der Waals surface area contributed by atoms with Gasteiger partial charge in [-0.05, 0) is 67.6 Å². The number of nitrogens with one attached hydrogen (secondary N) is 2. The molecule has 33 heavy (non-hydrogen) atoms. The van der Waals surface area contributed by atoms with Crippen molar-refractivity contribution in [3.8, 4) is 11.4 Å². The number of hydrogen-bond acceptors (Lipinski definition) is 5. The number of hydrogen-bond donors (Lipinski definition) is 2. The van der Waals surface area contributed by atoms with Gasteiger partial charge in [-0.25, -0.2) is 12.8 Å². The van der Waals surface area contributed by atoms with Gasteiger partial charge in [0.25, 0.3) is 15.9 Å². The van der Waals surface area contributed by atoms with E-state index >= 15 is 0 Å². The molecular formula is C23H20FN5O3S. The van der Waals surface area contributed by atoms with Gasteiger partial charge >= 0.3 is 0 Å². The molecule has 1 aromatic heterocycles. The van der Waals surface area contributed by atoms with Crippen molar-refractivity contribution in [2.75, 3.05) is 10.0 Å². The van der Waals surface area contributed by atoms with Crippen LogP contribution in [0, 0.1) is 5.82 Å². The van der Waals surface area contributed by atoms with Gasteiger partial charge in [-0.1, -0.05) is 12.1 Å². The molecule has 1 heterocycles. The summed E-state index contributed by atoms with van der Waals surface area (Å²) in [6.07, 6.45) is 1.64. The summed E-state index contributed by atoms with van der Waals surface area (Å²) in [5.41, 5.74) is 1.90. The van der Waals surface area contributed by atoms with Crippen LogP contribution in [-0.2, 0) is 16.6 Å². The molecule has 3 aromatic carbocycles.